The topological polar surface area (TPSA) is 50.4 Å². The van der Waals surface area contributed by atoms with E-state index in [1.165, 1.54) is 0 Å². The van der Waals surface area contributed by atoms with Crippen molar-refractivity contribution in [2.75, 3.05) is 0 Å². The maximum absolute atomic E-state index is 13.1. The highest BCUT2D eigenvalue weighted by Crippen LogP contribution is 2.27. The third-order valence-electron chi connectivity index (χ3n) is 1.94. The van der Waals surface area contributed by atoms with Gasteiger partial charge < -0.3 is 9.52 Å². The molecule has 0 saturated carbocycles. The fourth-order valence-electron chi connectivity index (χ4n) is 1.20. The predicted octanol–water partition coefficient (Wildman–Crippen LogP) is 2.06. The molecule has 0 radical (unpaired) electrons. The van der Waals surface area contributed by atoms with Crippen LogP contribution in [0.25, 0.3) is 11.0 Å². The molecule has 0 unspecified atom stereocenters. The molecule has 16 heavy (non-hydrogen) atoms. The summed E-state index contributed by atoms with van der Waals surface area (Å²) in [5, 5.41) is 8.03. The third kappa shape index (κ3) is 1.24. The SMILES string of the molecule is O=c1oc2c(F)c(F)c(F)c(F)c2cc1O. The Kier molecular flexibility index (Phi) is 2.11. The van der Waals surface area contributed by atoms with Crippen molar-refractivity contribution in [1.82, 2.24) is 0 Å². The highest BCUT2D eigenvalue weighted by Gasteiger charge is 2.23. The Balaban J connectivity index is 3.09. The second-order valence-electron chi connectivity index (χ2n) is 2.92. The van der Waals surface area contributed by atoms with Crippen LogP contribution in [-0.4, -0.2) is 5.11 Å². The monoisotopic (exact) mass is 234 g/mol. The van der Waals surface area contributed by atoms with E-state index in [2.05, 4.69) is 4.42 Å². The van der Waals surface area contributed by atoms with Gasteiger partial charge in [0, 0.05) is 6.07 Å². The summed E-state index contributed by atoms with van der Waals surface area (Å²) in [6.45, 7) is 0. The van der Waals surface area contributed by atoms with Gasteiger partial charge in [0.1, 0.15) is 0 Å². The molecule has 3 nitrogen and oxygen atoms in total. The second kappa shape index (κ2) is 3.22. The maximum Gasteiger partial charge on any atom is 0.378 e. The Morgan fingerprint density at radius 3 is 2.19 bits per heavy atom. The van der Waals surface area contributed by atoms with Crippen LogP contribution in [0.3, 0.4) is 0 Å². The molecule has 0 aliphatic carbocycles. The first kappa shape index (κ1) is 10.5. The molecule has 0 saturated heterocycles. The Morgan fingerprint density at radius 2 is 1.56 bits per heavy atom. The van der Waals surface area contributed by atoms with Crippen molar-refractivity contribution in [3.8, 4) is 5.75 Å². The number of benzene rings is 1. The van der Waals surface area contributed by atoms with Crippen LogP contribution in [0, 0.1) is 23.3 Å². The molecule has 7 heteroatoms. The smallest absolute Gasteiger partial charge is 0.378 e. The van der Waals surface area contributed by atoms with Gasteiger partial charge in [0.05, 0.1) is 5.39 Å². The standard InChI is InChI=1S/C9H2F4O3/c10-4-2-1-3(14)9(15)16-8(2)7(13)6(12)5(4)11/h1,14H. The highest BCUT2D eigenvalue weighted by molar-refractivity contribution is 5.79. The molecule has 84 valence electrons. The summed E-state index contributed by atoms with van der Waals surface area (Å²) in [7, 11) is 0. The minimum atomic E-state index is -2.08. The van der Waals surface area contributed by atoms with Crippen LogP contribution in [-0.2, 0) is 0 Å². The normalized spacial score (nSPS) is 11.0. The molecule has 1 N–H and O–H groups in total. The van der Waals surface area contributed by atoms with Gasteiger partial charge in [-0.1, -0.05) is 0 Å². The van der Waals surface area contributed by atoms with Gasteiger partial charge in [-0.05, 0) is 0 Å². The van der Waals surface area contributed by atoms with Crippen LogP contribution in [0.15, 0.2) is 15.3 Å². The van der Waals surface area contributed by atoms with Crippen molar-refractivity contribution >= 4 is 11.0 Å². The zero-order chi connectivity index (χ0) is 12.0. The fourth-order valence-corrected chi connectivity index (χ4v) is 1.20. The van der Waals surface area contributed by atoms with Crippen LogP contribution in [0.5, 0.6) is 5.75 Å². The van der Waals surface area contributed by atoms with Crippen LogP contribution >= 0.6 is 0 Å². The first-order valence-corrected chi connectivity index (χ1v) is 3.92. The Labute approximate surface area is 84.5 Å². The van der Waals surface area contributed by atoms with E-state index in [4.69, 9.17) is 5.11 Å². The van der Waals surface area contributed by atoms with Gasteiger partial charge >= 0.3 is 5.63 Å². The molecule has 1 aromatic heterocycles. The van der Waals surface area contributed by atoms with Crippen LogP contribution in [0.2, 0.25) is 0 Å². The summed E-state index contributed by atoms with van der Waals surface area (Å²) in [5.74, 6) is -8.73. The summed E-state index contributed by atoms with van der Waals surface area (Å²) >= 11 is 0. The summed E-state index contributed by atoms with van der Waals surface area (Å²) in [4.78, 5) is 10.8. The lowest BCUT2D eigenvalue weighted by atomic mass is 10.2. The largest absolute Gasteiger partial charge is 0.502 e. The van der Waals surface area contributed by atoms with Crippen molar-refractivity contribution in [1.29, 1.82) is 0 Å². The summed E-state index contributed by atoms with van der Waals surface area (Å²) in [5.41, 5.74) is -2.46. The molecule has 2 rings (SSSR count). The Bertz CT molecular complexity index is 647. The minimum absolute atomic E-state index is 0.460. The van der Waals surface area contributed by atoms with Crippen molar-refractivity contribution in [2.24, 2.45) is 0 Å². The number of rotatable bonds is 0. The molecule has 0 aliphatic heterocycles. The molecule has 2 aromatic rings. The van der Waals surface area contributed by atoms with Gasteiger partial charge in [-0.3, -0.25) is 0 Å². The highest BCUT2D eigenvalue weighted by atomic mass is 19.2. The van der Waals surface area contributed by atoms with Crippen molar-refractivity contribution in [2.45, 2.75) is 0 Å². The number of halogens is 4. The van der Waals surface area contributed by atoms with E-state index in [0.29, 0.717) is 6.07 Å². The average molecular weight is 234 g/mol. The van der Waals surface area contributed by atoms with Crippen LogP contribution < -0.4 is 5.63 Å². The quantitative estimate of drug-likeness (QED) is 0.328. The van der Waals surface area contributed by atoms with Gasteiger partial charge in [0.15, 0.2) is 17.2 Å². The van der Waals surface area contributed by atoms with Gasteiger partial charge in [-0.25, -0.2) is 18.0 Å². The van der Waals surface area contributed by atoms with Gasteiger partial charge in [0.2, 0.25) is 17.4 Å². The lowest BCUT2D eigenvalue weighted by Gasteiger charge is -2.02. The second-order valence-corrected chi connectivity index (χ2v) is 2.92. The molecule has 1 aromatic carbocycles. The molecule has 0 spiro atoms. The van der Waals surface area contributed by atoms with Gasteiger partial charge in [-0.15, -0.1) is 0 Å². The molecule has 0 bridgehead atoms. The van der Waals surface area contributed by atoms with E-state index in [1.807, 2.05) is 0 Å². The molecule has 0 fully saturated rings. The minimum Gasteiger partial charge on any atom is -0.502 e. The fraction of sp³-hybridized carbons (Fsp3) is 0. The van der Waals surface area contributed by atoms with E-state index in [1.54, 1.807) is 0 Å². The first-order chi connectivity index (χ1) is 7.43. The number of aromatic hydroxyl groups is 1. The average Bonchev–Trinajstić information content (AvgIpc) is 2.26. The number of hydrogen-bond donors (Lipinski definition) is 1. The Hall–Kier alpha value is -2.05. The van der Waals surface area contributed by atoms with Crippen LogP contribution in [0.1, 0.15) is 0 Å². The number of hydrogen-bond acceptors (Lipinski definition) is 3. The van der Waals surface area contributed by atoms with E-state index >= 15 is 0 Å². The maximum atomic E-state index is 13.1. The molecule has 0 aliphatic rings. The predicted molar refractivity (Wildman–Crippen MR) is 44.0 cm³/mol. The number of fused-ring (bicyclic) bond motifs is 1. The zero-order valence-corrected chi connectivity index (χ0v) is 7.35. The molecule has 0 atom stereocenters. The lowest BCUT2D eigenvalue weighted by Crippen LogP contribution is -2.03. The van der Waals surface area contributed by atoms with Crippen molar-refractivity contribution in [3.05, 3.63) is 39.8 Å². The summed E-state index contributed by atoms with van der Waals surface area (Å²) in [6, 6.07) is 0.460. The van der Waals surface area contributed by atoms with Crippen molar-refractivity contribution < 1.29 is 27.1 Å². The molecular formula is C9H2F4O3. The first-order valence-electron chi connectivity index (χ1n) is 3.92. The third-order valence-corrected chi connectivity index (χ3v) is 1.94. The zero-order valence-electron chi connectivity index (χ0n) is 7.35. The summed E-state index contributed by atoms with van der Waals surface area (Å²) < 4.78 is 55.8. The van der Waals surface area contributed by atoms with E-state index in [0.717, 1.165) is 0 Å². The lowest BCUT2D eigenvalue weighted by molar-refractivity contribution is 0.392. The van der Waals surface area contributed by atoms with E-state index < -0.39 is 45.6 Å². The van der Waals surface area contributed by atoms with E-state index in [9.17, 15) is 22.4 Å². The van der Waals surface area contributed by atoms with Crippen molar-refractivity contribution in [3.63, 3.8) is 0 Å². The molecular weight excluding hydrogens is 232 g/mol. The Morgan fingerprint density at radius 1 is 1.00 bits per heavy atom. The van der Waals surface area contributed by atoms with E-state index in [-0.39, 0.29) is 0 Å². The molecule has 0 amide bonds. The van der Waals surface area contributed by atoms with Crippen LogP contribution in [0.4, 0.5) is 17.6 Å². The van der Waals surface area contributed by atoms with Gasteiger partial charge in [0.25, 0.3) is 0 Å². The molecule has 1 heterocycles. The van der Waals surface area contributed by atoms with Gasteiger partial charge in [-0.2, -0.15) is 4.39 Å². The summed E-state index contributed by atoms with van der Waals surface area (Å²) in [6.07, 6.45) is 0.